The fourth-order valence-corrected chi connectivity index (χ4v) is 3.14. The summed E-state index contributed by atoms with van der Waals surface area (Å²) in [7, 11) is -3.37. The van der Waals surface area contributed by atoms with E-state index in [9.17, 15) is 13.5 Å². The summed E-state index contributed by atoms with van der Waals surface area (Å²) in [5, 5.41) is 13.3. The second-order valence-corrected chi connectivity index (χ2v) is 8.88. The predicted molar refractivity (Wildman–Crippen MR) is 95.9 cm³/mol. The van der Waals surface area contributed by atoms with Crippen LogP contribution in [0.1, 0.15) is 38.0 Å². The van der Waals surface area contributed by atoms with Crippen LogP contribution in [0, 0.1) is 0 Å². The largest absolute Gasteiger partial charge is 0.387 e. The summed E-state index contributed by atoms with van der Waals surface area (Å²) in [4.78, 5) is 4.18. The minimum absolute atomic E-state index is 0.0556. The van der Waals surface area contributed by atoms with Crippen LogP contribution >= 0.6 is 0 Å². The van der Waals surface area contributed by atoms with E-state index >= 15 is 0 Å². The molecule has 0 saturated carbocycles. The fourth-order valence-electron chi connectivity index (χ4n) is 2.34. The lowest BCUT2D eigenvalue weighted by Gasteiger charge is -2.20. The van der Waals surface area contributed by atoms with Crippen LogP contribution in [0.2, 0.25) is 0 Å². The van der Waals surface area contributed by atoms with Gasteiger partial charge in [-0.05, 0) is 28.7 Å². The average Bonchev–Trinajstić information content (AvgIpc) is 2.51. The monoisotopic (exact) mass is 348 g/mol. The van der Waals surface area contributed by atoms with E-state index in [1.165, 1.54) is 17.8 Å². The SMILES string of the molecule is CC(C)(C)c1ccc([C@@H](O)CNc2ncccc2S(C)(=O)=O)cc1. The van der Waals surface area contributed by atoms with Crippen molar-refractivity contribution in [3.05, 3.63) is 53.7 Å². The molecule has 1 heterocycles. The lowest BCUT2D eigenvalue weighted by Crippen LogP contribution is -2.16. The summed E-state index contributed by atoms with van der Waals surface area (Å²) in [6.45, 7) is 6.57. The summed E-state index contributed by atoms with van der Waals surface area (Å²) < 4.78 is 23.5. The number of anilines is 1. The van der Waals surface area contributed by atoms with E-state index in [1.54, 1.807) is 6.07 Å². The molecular formula is C18H24N2O3S. The number of benzene rings is 1. The van der Waals surface area contributed by atoms with E-state index in [1.807, 2.05) is 24.3 Å². The Morgan fingerprint density at radius 1 is 1.17 bits per heavy atom. The molecule has 0 fully saturated rings. The zero-order valence-electron chi connectivity index (χ0n) is 14.4. The molecular weight excluding hydrogens is 324 g/mol. The van der Waals surface area contributed by atoms with Crippen LogP contribution in [0.25, 0.3) is 0 Å². The zero-order valence-corrected chi connectivity index (χ0v) is 15.3. The topological polar surface area (TPSA) is 79.3 Å². The molecule has 1 atom stereocenters. The Bertz CT molecular complexity index is 794. The summed E-state index contributed by atoms with van der Waals surface area (Å²) in [6, 6.07) is 10.9. The van der Waals surface area contributed by atoms with Crippen LogP contribution in [0.4, 0.5) is 5.82 Å². The van der Waals surface area contributed by atoms with Gasteiger partial charge in [-0.2, -0.15) is 0 Å². The van der Waals surface area contributed by atoms with Gasteiger partial charge in [0.2, 0.25) is 0 Å². The zero-order chi connectivity index (χ0) is 18.0. The highest BCUT2D eigenvalue weighted by Gasteiger charge is 2.17. The number of nitrogens with one attached hydrogen (secondary N) is 1. The standard InChI is InChI=1S/C18H24N2O3S/c1-18(2,3)14-9-7-13(8-10-14)15(21)12-20-17-16(24(4,22)23)6-5-11-19-17/h5-11,15,21H,12H2,1-4H3,(H,19,20)/t15-/m0/s1. The van der Waals surface area contributed by atoms with E-state index in [0.717, 1.165) is 11.8 Å². The smallest absolute Gasteiger partial charge is 0.179 e. The summed E-state index contributed by atoms with van der Waals surface area (Å²) in [5.74, 6) is 0.255. The Hall–Kier alpha value is -1.92. The van der Waals surface area contributed by atoms with Gasteiger partial charge in [-0.25, -0.2) is 13.4 Å². The van der Waals surface area contributed by atoms with Crippen molar-refractivity contribution < 1.29 is 13.5 Å². The third-order valence-electron chi connectivity index (χ3n) is 3.79. The molecule has 0 aliphatic heterocycles. The van der Waals surface area contributed by atoms with Gasteiger partial charge < -0.3 is 10.4 Å². The maximum Gasteiger partial charge on any atom is 0.179 e. The van der Waals surface area contributed by atoms with Crippen LogP contribution in [0.15, 0.2) is 47.5 Å². The number of aromatic nitrogens is 1. The molecule has 0 amide bonds. The molecule has 2 N–H and O–H groups in total. The summed E-state index contributed by atoms with van der Waals surface area (Å²) in [6.07, 6.45) is 1.90. The van der Waals surface area contributed by atoms with Gasteiger partial charge in [0, 0.05) is 19.0 Å². The van der Waals surface area contributed by atoms with Crippen molar-refractivity contribution in [2.45, 2.75) is 37.2 Å². The average molecular weight is 348 g/mol. The number of aliphatic hydroxyl groups is 1. The van der Waals surface area contributed by atoms with Gasteiger partial charge in [0.25, 0.3) is 0 Å². The lowest BCUT2D eigenvalue weighted by molar-refractivity contribution is 0.191. The number of nitrogens with zero attached hydrogens (tertiary/aromatic N) is 1. The molecule has 0 spiro atoms. The first-order chi connectivity index (χ1) is 11.1. The lowest BCUT2D eigenvalue weighted by atomic mass is 9.86. The number of aliphatic hydroxyl groups excluding tert-OH is 1. The molecule has 2 rings (SSSR count). The molecule has 0 bridgehead atoms. The van der Waals surface area contributed by atoms with Gasteiger partial charge in [-0.15, -0.1) is 0 Å². The van der Waals surface area contributed by atoms with Crippen molar-refractivity contribution in [3.63, 3.8) is 0 Å². The first kappa shape index (κ1) is 18.4. The summed E-state index contributed by atoms with van der Waals surface area (Å²) >= 11 is 0. The van der Waals surface area contributed by atoms with Crippen molar-refractivity contribution >= 4 is 15.7 Å². The number of pyridine rings is 1. The van der Waals surface area contributed by atoms with Gasteiger partial charge >= 0.3 is 0 Å². The Kier molecular flexibility index (Phi) is 5.30. The van der Waals surface area contributed by atoms with Crippen LogP contribution in [-0.2, 0) is 15.3 Å². The van der Waals surface area contributed by atoms with Crippen LogP contribution < -0.4 is 5.32 Å². The maximum absolute atomic E-state index is 11.8. The number of hydrogen-bond acceptors (Lipinski definition) is 5. The van der Waals surface area contributed by atoms with E-state index in [0.29, 0.717) is 0 Å². The molecule has 0 saturated heterocycles. The maximum atomic E-state index is 11.8. The Balaban J connectivity index is 2.10. The molecule has 5 nitrogen and oxygen atoms in total. The van der Waals surface area contributed by atoms with E-state index < -0.39 is 15.9 Å². The molecule has 2 aromatic rings. The molecule has 24 heavy (non-hydrogen) atoms. The van der Waals surface area contributed by atoms with Crippen LogP contribution in [0.5, 0.6) is 0 Å². The van der Waals surface area contributed by atoms with Gasteiger partial charge in [0.05, 0.1) is 6.10 Å². The second-order valence-electron chi connectivity index (χ2n) is 6.89. The van der Waals surface area contributed by atoms with Crippen molar-refractivity contribution in [2.75, 3.05) is 18.1 Å². The van der Waals surface area contributed by atoms with Crippen molar-refractivity contribution in [3.8, 4) is 0 Å². The highest BCUT2D eigenvalue weighted by Crippen LogP contribution is 2.24. The minimum Gasteiger partial charge on any atom is -0.387 e. The van der Waals surface area contributed by atoms with Gasteiger partial charge in [-0.3, -0.25) is 0 Å². The van der Waals surface area contributed by atoms with Gasteiger partial charge in [0.15, 0.2) is 9.84 Å². The molecule has 0 radical (unpaired) electrons. The number of rotatable bonds is 5. The Morgan fingerprint density at radius 3 is 2.33 bits per heavy atom. The number of hydrogen-bond donors (Lipinski definition) is 2. The summed E-state index contributed by atoms with van der Waals surface area (Å²) in [5.41, 5.74) is 2.02. The van der Waals surface area contributed by atoms with Crippen LogP contribution in [-0.4, -0.2) is 31.3 Å². The quantitative estimate of drug-likeness (QED) is 0.868. The first-order valence-corrected chi connectivity index (χ1v) is 9.65. The highest BCUT2D eigenvalue weighted by atomic mass is 32.2. The van der Waals surface area contributed by atoms with E-state index in [-0.39, 0.29) is 22.7 Å². The van der Waals surface area contributed by atoms with E-state index in [2.05, 4.69) is 31.1 Å². The normalized spacial score (nSPS) is 13.5. The Morgan fingerprint density at radius 2 is 1.79 bits per heavy atom. The first-order valence-electron chi connectivity index (χ1n) is 7.76. The fraction of sp³-hybridized carbons (Fsp3) is 0.389. The molecule has 0 unspecified atom stereocenters. The van der Waals surface area contributed by atoms with Crippen molar-refractivity contribution in [1.29, 1.82) is 0 Å². The van der Waals surface area contributed by atoms with Crippen molar-refractivity contribution in [1.82, 2.24) is 4.98 Å². The van der Waals surface area contributed by atoms with Gasteiger partial charge in [-0.1, -0.05) is 45.0 Å². The molecule has 6 heteroatoms. The Labute approximate surface area is 143 Å². The molecule has 0 aliphatic rings. The third-order valence-corrected chi connectivity index (χ3v) is 4.92. The van der Waals surface area contributed by atoms with Crippen LogP contribution in [0.3, 0.4) is 0 Å². The van der Waals surface area contributed by atoms with Crippen molar-refractivity contribution in [2.24, 2.45) is 0 Å². The minimum atomic E-state index is -3.37. The third kappa shape index (κ3) is 4.55. The van der Waals surface area contributed by atoms with Gasteiger partial charge in [0.1, 0.15) is 10.7 Å². The second kappa shape index (κ2) is 6.91. The van der Waals surface area contributed by atoms with E-state index in [4.69, 9.17) is 0 Å². The molecule has 1 aromatic carbocycles. The number of sulfone groups is 1. The highest BCUT2D eigenvalue weighted by molar-refractivity contribution is 7.90. The molecule has 1 aromatic heterocycles. The molecule has 0 aliphatic carbocycles. The molecule has 130 valence electrons. The predicted octanol–water partition coefficient (Wildman–Crippen LogP) is 2.93.